The molecular formula is C18H26N2S. The molecule has 3 heteroatoms. The average Bonchev–Trinajstić information content (AvgIpc) is 3.10. The molecule has 1 aromatic rings. The molecule has 2 saturated carbocycles. The van der Waals surface area contributed by atoms with Gasteiger partial charge in [-0.15, -0.1) is 0 Å². The predicted molar refractivity (Wildman–Crippen MR) is 93.6 cm³/mol. The number of hydrogen-bond donors (Lipinski definition) is 2. The Hall–Kier alpha value is -1.09. The number of aryl methyl sites for hydroxylation is 1. The van der Waals surface area contributed by atoms with E-state index < -0.39 is 0 Å². The van der Waals surface area contributed by atoms with Crippen LogP contribution in [-0.4, -0.2) is 11.2 Å². The maximum absolute atomic E-state index is 5.47. The Morgan fingerprint density at radius 1 is 1.24 bits per heavy atom. The Balaban J connectivity index is 1.51. The first-order valence-electron chi connectivity index (χ1n) is 8.32. The van der Waals surface area contributed by atoms with E-state index in [2.05, 4.69) is 48.7 Å². The lowest BCUT2D eigenvalue weighted by Crippen LogP contribution is -2.42. The monoisotopic (exact) mass is 302 g/mol. The molecule has 3 rings (SSSR count). The van der Waals surface area contributed by atoms with E-state index in [4.69, 9.17) is 12.2 Å². The van der Waals surface area contributed by atoms with E-state index in [0.717, 1.165) is 35.0 Å². The number of nitrogens with one attached hydrogen (secondary N) is 2. The van der Waals surface area contributed by atoms with Crippen LogP contribution in [0.25, 0.3) is 0 Å². The van der Waals surface area contributed by atoms with Gasteiger partial charge in [-0.1, -0.05) is 25.5 Å². The summed E-state index contributed by atoms with van der Waals surface area (Å²) in [5.41, 5.74) is 2.43. The fourth-order valence-corrected chi connectivity index (χ4v) is 4.51. The van der Waals surface area contributed by atoms with Gasteiger partial charge in [-0.2, -0.15) is 0 Å². The first-order valence-corrected chi connectivity index (χ1v) is 8.73. The zero-order chi connectivity index (χ0) is 14.8. The molecule has 2 N–H and O–H groups in total. The van der Waals surface area contributed by atoms with Crippen molar-refractivity contribution in [1.29, 1.82) is 0 Å². The van der Waals surface area contributed by atoms with Crippen molar-refractivity contribution in [2.45, 2.75) is 52.0 Å². The summed E-state index contributed by atoms with van der Waals surface area (Å²) in [6, 6.07) is 9.01. The number of anilines is 1. The third-order valence-corrected chi connectivity index (χ3v) is 5.63. The average molecular weight is 302 g/mol. The van der Waals surface area contributed by atoms with Crippen LogP contribution < -0.4 is 10.6 Å². The Labute approximate surface area is 133 Å². The van der Waals surface area contributed by atoms with Crippen molar-refractivity contribution in [2.24, 2.45) is 17.8 Å². The van der Waals surface area contributed by atoms with E-state index in [0.29, 0.717) is 6.04 Å². The number of thiocarbonyl (C=S) groups is 1. The van der Waals surface area contributed by atoms with Crippen molar-refractivity contribution in [3.8, 4) is 0 Å². The smallest absolute Gasteiger partial charge is 0.170 e. The summed E-state index contributed by atoms with van der Waals surface area (Å²) in [4.78, 5) is 0. The van der Waals surface area contributed by atoms with Crippen LogP contribution in [0.15, 0.2) is 24.3 Å². The molecule has 0 aliphatic heterocycles. The van der Waals surface area contributed by atoms with Crippen LogP contribution in [0.3, 0.4) is 0 Å². The zero-order valence-electron chi connectivity index (χ0n) is 13.1. The molecule has 2 nitrogen and oxygen atoms in total. The lowest BCUT2D eigenvalue weighted by Gasteiger charge is -2.29. The highest BCUT2D eigenvalue weighted by molar-refractivity contribution is 7.80. The summed E-state index contributed by atoms with van der Waals surface area (Å²) in [5.74, 6) is 2.74. The molecule has 0 radical (unpaired) electrons. The number of rotatable bonds is 4. The van der Waals surface area contributed by atoms with Gasteiger partial charge in [0.05, 0.1) is 0 Å². The van der Waals surface area contributed by atoms with Gasteiger partial charge in [0.2, 0.25) is 0 Å². The van der Waals surface area contributed by atoms with Gasteiger partial charge in [0.25, 0.3) is 0 Å². The van der Waals surface area contributed by atoms with Gasteiger partial charge in [0.15, 0.2) is 5.11 Å². The summed E-state index contributed by atoms with van der Waals surface area (Å²) in [5, 5.41) is 7.57. The molecule has 1 aromatic carbocycles. The van der Waals surface area contributed by atoms with Crippen LogP contribution in [0.1, 0.15) is 45.1 Å². The van der Waals surface area contributed by atoms with E-state index in [9.17, 15) is 0 Å². The van der Waals surface area contributed by atoms with Crippen LogP contribution in [0, 0.1) is 17.8 Å². The molecule has 2 bridgehead atoms. The molecule has 2 fully saturated rings. The van der Waals surface area contributed by atoms with Crippen molar-refractivity contribution >= 4 is 23.0 Å². The SMILES string of the molecule is CCc1ccc(NC(=S)NC(C)C2CC3CCC2C3)cc1. The second-order valence-corrected chi connectivity index (χ2v) is 7.18. The normalized spacial score (nSPS) is 28.4. The molecular weight excluding hydrogens is 276 g/mol. The molecule has 0 aromatic heterocycles. The standard InChI is InChI=1S/C18H26N2S/c1-3-13-5-8-16(9-6-13)20-18(21)19-12(2)17-11-14-4-7-15(17)10-14/h5-6,8-9,12,14-15,17H,3-4,7,10-11H2,1-2H3,(H2,19,20,21). The second kappa shape index (κ2) is 6.35. The van der Waals surface area contributed by atoms with Gasteiger partial charge < -0.3 is 10.6 Å². The number of fused-ring (bicyclic) bond motifs is 2. The quantitative estimate of drug-likeness (QED) is 0.808. The largest absolute Gasteiger partial charge is 0.360 e. The highest BCUT2D eigenvalue weighted by Gasteiger charge is 2.41. The predicted octanol–water partition coefficient (Wildman–Crippen LogP) is 4.36. The molecule has 114 valence electrons. The van der Waals surface area contributed by atoms with E-state index in [1.165, 1.54) is 31.2 Å². The number of hydrogen-bond acceptors (Lipinski definition) is 1. The third kappa shape index (κ3) is 3.39. The summed E-state index contributed by atoms with van der Waals surface area (Å²) in [7, 11) is 0. The molecule has 0 heterocycles. The van der Waals surface area contributed by atoms with Crippen molar-refractivity contribution in [2.75, 3.05) is 5.32 Å². The first-order chi connectivity index (χ1) is 10.2. The van der Waals surface area contributed by atoms with Crippen LogP contribution >= 0.6 is 12.2 Å². The molecule has 2 aliphatic carbocycles. The lowest BCUT2D eigenvalue weighted by atomic mass is 9.84. The van der Waals surface area contributed by atoms with Crippen LogP contribution in [0.2, 0.25) is 0 Å². The van der Waals surface area contributed by atoms with E-state index >= 15 is 0 Å². The highest BCUT2D eigenvalue weighted by atomic mass is 32.1. The van der Waals surface area contributed by atoms with Gasteiger partial charge in [0.1, 0.15) is 0 Å². The molecule has 0 spiro atoms. The third-order valence-electron chi connectivity index (χ3n) is 5.41. The minimum atomic E-state index is 0.482. The maximum Gasteiger partial charge on any atom is 0.170 e. The minimum Gasteiger partial charge on any atom is -0.360 e. The fraction of sp³-hybridized carbons (Fsp3) is 0.611. The van der Waals surface area contributed by atoms with Crippen molar-refractivity contribution in [3.05, 3.63) is 29.8 Å². The Bertz CT molecular complexity index is 496. The molecule has 0 saturated heterocycles. The minimum absolute atomic E-state index is 0.482. The summed E-state index contributed by atoms with van der Waals surface area (Å²) in [6.07, 6.45) is 6.81. The molecule has 4 atom stereocenters. The van der Waals surface area contributed by atoms with Crippen molar-refractivity contribution in [1.82, 2.24) is 5.32 Å². The second-order valence-electron chi connectivity index (χ2n) is 6.78. The molecule has 2 aliphatic rings. The Kier molecular flexibility index (Phi) is 4.48. The van der Waals surface area contributed by atoms with Crippen LogP contribution in [0.5, 0.6) is 0 Å². The molecule has 4 unspecified atom stereocenters. The van der Waals surface area contributed by atoms with Gasteiger partial charge in [0, 0.05) is 11.7 Å². The molecule has 0 amide bonds. The fourth-order valence-electron chi connectivity index (χ4n) is 4.21. The highest BCUT2D eigenvalue weighted by Crippen LogP contribution is 2.49. The summed E-state index contributed by atoms with van der Waals surface area (Å²) >= 11 is 5.47. The van der Waals surface area contributed by atoms with Gasteiger partial charge in [-0.3, -0.25) is 0 Å². The summed E-state index contributed by atoms with van der Waals surface area (Å²) in [6.45, 7) is 4.46. The van der Waals surface area contributed by atoms with Gasteiger partial charge in [-0.05, 0) is 80.3 Å². The number of benzene rings is 1. The van der Waals surface area contributed by atoms with Gasteiger partial charge >= 0.3 is 0 Å². The van der Waals surface area contributed by atoms with Gasteiger partial charge in [-0.25, -0.2) is 0 Å². The lowest BCUT2D eigenvalue weighted by molar-refractivity contribution is 0.279. The Morgan fingerprint density at radius 2 is 2.00 bits per heavy atom. The Morgan fingerprint density at radius 3 is 2.57 bits per heavy atom. The molecule has 21 heavy (non-hydrogen) atoms. The first kappa shape index (κ1) is 14.8. The van der Waals surface area contributed by atoms with Crippen molar-refractivity contribution < 1.29 is 0 Å². The van der Waals surface area contributed by atoms with E-state index in [1.54, 1.807) is 0 Å². The van der Waals surface area contributed by atoms with Crippen LogP contribution in [0.4, 0.5) is 5.69 Å². The topological polar surface area (TPSA) is 24.1 Å². The zero-order valence-corrected chi connectivity index (χ0v) is 13.9. The van der Waals surface area contributed by atoms with E-state index in [1.807, 2.05) is 0 Å². The van der Waals surface area contributed by atoms with Crippen LogP contribution in [-0.2, 0) is 6.42 Å². The van der Waals surface area contributed by atoms with Crippen molar-refractivity contribution in [3.63, 3.8) is 0 Å². The van der Waals surface area contributed by atoms with E-state index in [-0.39, 0.29) is 0 Å². The maximum atomic E-state index is 5.47. The summed E-state index contributed by atoms with van der Waals surface area (Å²) < 4.78 is 0.